The van der Waals surface area contributed by atoms with Crippen molar-refractivity contribution in [2.24, 2.45) is 0 Å². The Morgan fingerprint density at radius 1 is 1.35 bits per heavy atom. The van der Waals surface area contributed by atoms with Gasteiger partial charge in [0.05, 0.1) is 19.3 Å². The third-order valence-electron chi connectivity index (χ3n) is 2.38. The number of hydrogen-bond donors (Lipinski definition) is 2. The van der Waals surface area contributed by atoms with Crippen molar-refractivity contribution >= 4 is 40.4 Å². The van der Waals surface area contributed by atoms with E-state index in [9.17, 15) is 4.79 Å². The van der Waals surface area contributed by atoms with E-state index in [4.69, 9.17) is 16.3 Å². The second-order valence-electron chi connectivity index (χ2n) is 3.83. The van der Waals surface area contributed by atoms with Crippen LogP contribution in [-0.4, -0.2) is 17.7 Å². The Morgan fingerprint density at radius 2 is 2.05 bits per heavy atom. The molecule has 0 unspecified atom stereocenters. The molecule has 0 aliphatic rings. The van der Waals surface area contributed by atoms with Crippen molar-refractivity contribution < 1.29 is 9.53 Å². The molecule has 2 N–H and O–H groups in total. The largest absolute Gasteiger partial charge is 0.450 e. The SMILES string of the molecule is CCOC(=O)Nc1ccc(NCc2ncc(Cl)s2)cc1. The normalized spacial score (nSPS) is 10.1. The molecule has 1 heterocycles. The molecule has 5 nitrogen and oxygen atoms in total. The fourth-order valence-electron chi connectivity index (χ4n) is 1.50. The van der Waals surface area contributed by atoms with Crippen LogP contribution in [-0.2, 0) is 11.3 Å². The average Bonchev–Trinajstić information content (AvgIpc) is 2.84. The Labute approximate surface area is 125 Å². The Kier molecular flexibility index (Phi) is 5.20. The molecule has 1 aromatic heterocycles. The zero-order chi connectivity index (χ0) is 14.4. The summed E-state index contributed by atoms with van der Waals surface area (Å²) in [5.74, 6) is 0. The minimum atomic E-state index is -0.453. The van der Waals surface area contributed by atoms with Crippen LogP contribution in [0.2, 0.25) is 4.34 Å². The zero-order valence-corrected chi connectivity index (χ0v) is 12.4. The average molecular weight is 312 g/mol. The number of anilines is 2. The Balaban J connectivity index is 1.86. The molecule has 0 spiro atoms. The van der Waals surface area contributed by atoms with Crippen molar-refractivity contribution in [2.75, 3.05) is 17.2 Å². The van der Waals surface area contributed by atoms with Crippen LogP contribution < -0.4 is 10.6 Å². The molecule has 0 aliphatic carbocycles. The molecule has 0 saturated carbocycles. The monoisotopic (exact) mass is 311 g/mol. The van der Waals surface area contributed by atoms with Gasteiger partial charge < -0.3 is 10.1 Å². The van der Waals surface area contributed by atoms with Gasteiger partial charge in [0.2, 0.25) is 0 Å². The van der Waals surface area contributed by atoms with E-state index in [0.717, 1.165) is 10.7 Å². The highest BCUT2D eigenvalue weighted by molar-refractivity contribution is 7.15. The maximum atomic E-state index is 11.2. The molecule has 20 heavy (non-hydrogen) atoms. The van der Waals surface area contributed by atoms with Crippen molar-refractivity contribution in [1.29, 1.82) is 0 Å². The topological polar surface area (TPSA) is 63.2 Å². The summed E-state index contributed by atoms with van der Waals surface area (Å²) in [6.45, 7) is 2.72. The first-order valence-electron chi connectivity index (χ1n) is 6.05. The molecule has 1 aromatic carbocycles. The summed E-state index contributed by atoms with van der Waals surface area (Å²) in [7, 11) is 0. The van der Waals surface area contributed by atoms with Gasteiger partial charge in [-0.1, -0.05) is 11.6 Å². The van der Waals surface area contributed by atoms with Gasteiger partial charge in [-0.15, -0.1) is 11.3 Å². The standard InChI is InChI=1S/C13H14ClN3O2S/c1-2-19-13(18)17-10-5-3-9(4-6-10)15-8-12-16-7-11(14)20-12/h3-7,15H,2,8H2,1H3,(H,17,18). The van der Waals surface area contributed by atoms with E-state index in [-0.39, 0.29) is 0 Å². The third-order valence-corrected chi connectivity index (χ3v) is 3.49. The van der Waals surface area contributed by atoms with Crippen LogP contribution in [0.1, 0.15) is 11.9 Å². The summed E-state index contributed by atoms with van der Waals surface area (Å²) in [4.78, 5) is 15.4. The zero-order valence-electron chi connectivity index (χ0n) is 10.9. The van der Waals surface area contributed by atoms with Gasteiger partial charge in [0.1, 0.15) is 9.34 Å². The number of amides is 1. The van der Waals surface area contributed by atoms with Gasteiger partial charge in [0, 0.05) is 11.4 Å². The lowest BCUT2D eigenvalue weighted by Crippen LogP contribution is -2.13. The van der Waals surface area contributed by atoms with Crippen LogP contribution >= 0.6 is 22.9 Å². The molecule has 0 atom stereocenters. The second-order valence-corrected chi connectivity index (χ2v) is 5.58. The summed E-state index contributed by atoms with van der Waals surface area (Å²) in [5.41, 5.74) is 1.62. The van der Waals surface area contributed by atoms with Gasteiger partial charge in [-0.05, 0) is 31.2 Å². The van der Waals surface area contributed by atoms with Gasteiger partial charge in [0.15, 0.2) is 0 Å². The molecule has 0 fully saturated rings. The number of hydrogen-bond acceptors (Lipinski definition) is 5. The van der Waals surface area contributed by atoms with E-state index in [1.54, 1.807) is 25.3 Å². The minimum Gasteiger partial charge on any atom is -0.450 e. The number of carbonyl (C=O) groups excluding carboxylic acids is 1. The van der Waals surface area contributed by atoms with Crippen LogP contribution in [0.5, 0.6) is 0 Å². The van der Waals surface area contributed by atoms with E-state index in [1.807, 2.05) is 12.1 Å². The number of halogens is 1. The van der Waals surface area contributed by atoms with E-state index in [1.165, 1.54) is 11.3 Å². The van der Waals surface area contributed by atoms with Crippen molar-refractivity contribution in [3.63, 3.8) is 0 Å². The first-order chi connectivity index (χ1) is 9.67. The number of aromatic nitrogens is 1. The summed E-state index contributed by atoms with van der Waals surface area (Å²) in [6, 6.07) is 7.34. The van der Waals surface area contributed by atoms with Gasteiger partial charge in [-0.25, -0.2) is 9.78 Å². The molecule has 7 heteroatoms. The van der Waals surface area contributed by atoms with Crippen molar-refractivity contribution in [3.8, 4) is 0 Å². The molecule has 0 radical (unpaired) electrons. The number of nitrogens with one attached hydrogen (secondary N) is 2. The van der Waals surface area contributed by atoms with Gasteiger partial charge >= 0.3 is 6.09 Å². The number of thiazole rings is 1. The number of carbonyl (C=O) groups is 1. The summed E-state index contributed by atoms with van der Waals surface area (Å²) in [5, 5.41) is 6.78. The fraction of sp³-hybridized carbons (Fsp3) is 0.231. The quantitative estimate of drug-likeness (QED) is 0.876. The van der Waals surface area contributed by atoms with E-state index < -0.39 is 6.09 Å². The highest BCUT2D eigenvalue weighted by atomic mass is 35.5. The number of nitrogens with zero attached hydrogens (tertiary/aromatic N) is 1. The highest BCUT2D eigenvalue weighted by Gasteiger charge is 2.02. The Morgan fingerprint density at radius 3 is 2.65 bits per heavy atom. The van der Waals surface area contributed by atoms with Crippen LogP contribution in [0.3, 0.4) is 0 Å². The van der Waals surface area contributed by atoms with E-state index in [0.29, 0.717) is 23.2 Å². The summed E-state index contributed by atoms with van der Waals surface area (Å²) in [6.07, 6.45) is 1.18. The van der Waals surface area contributed by atoms with Crippen LogP contribution in [0.15, 0.2) is 30.5 Å². The minimum absolute atomic E-state index is 0.349. The van der Waals surface area contributed by atoms with Gasteiger partial charge in [-0.2, -0.15) is 0 Å². The Hall–Kier alpha value is -1.79. The number of rotatable bonds is 5. The smallest absolute Gasteiger partial charge is 0.411 e. The predicted molar refractivity (Wildman–Crippen MR) is 81.5 cm³/mol. The molecule has 106 valence electrons. The molecule has 2 rings (SSSR count). The molecule has 0 aliphatic heterocycles. The number of ether oxygens (including phenoxy) is 1. The fourth-order valence-corrected chi connectivity index (χ4v) is 2.40. The lowest BCUT2D eigenvalue weighted by atomic mass is 10.3. The first kappa shape index (κ1) is 14.6. The maximum Gasteiger partial charge on any atom is 0.411 e. The van der Waals surface area contributed by atoms with Crippen molar-refractivity contribution in [3.05, 3.63) is 39.8 Å². The Bertz CT molecular complexity index is 571. The molecule has 0 bridgehead atoms. The lowest BCUT2D eigenvalue weighted by molar-refractivity contribution is 0.168. The molecular formula is C13H14ClN3O2S. The van der Waals surface area contributed by atoms with E-state index >= 15 is 0 Å². The van der Waals surface area contributed by atoms with Crippen LogP contribution in [0, 0.1) is 0 Å². The first-order valence-corrected chi connectivity index (χ1v) is 7.24. The number of benzene rings is 1. The van der Waals surface area contributed by atoms with Gasteiger partial charge in [0.25, 0.3) is 0 Å². The molecule has 2 aromatic rings. The van der Waals surface area contributed by atoms with Crippen molar-refractivity contribution in [1.82, 2.24) is 4.98 Å². The molecule has 0 saturated heterocycles. The maximum absolute atomic E-state index is 11.2. The van der Waals surface area contributed by atoms with Gasteiger partial charge in [-0.3, -0.25) is 5.32 Å². The lowest BCUT2D eigenvalue weighted by Gasteiger charge is -2.07. The molecule has 1 amide bonds. The molecular weight excluding hydrogens is 298 g/mol. The van der Waals surface area contributed by atoms with Crippen molar-refractivity contribution in [2.45, 2.75) is 13.5 Å². The van der Waals surface area contributed by atoms with Crippen LogP contribution in [0.25, 0.3) is 0 Å². The summed E-state index contributed by atoms with van der Waals surface area (Å²) < 4.78 is 5.48. The summed E-state index contributed by atoms with van der Waals surface area (Å²) >= 11 is 7.26. The second kappa shape index (κ2) is 7.12. The third kappa shape index (κ3) is 4.40. The predicted octanol–water partition coefficient (Wildman–Crippen LogP) is 3.98. The van der Waals surface area contributed by atoms with E-state index in [2.05, 4.69) is 15.6 Å². The highest BCUT2D eigenvalue weighted by Crippen LogP contribution is 2.20. The van der Waals surface area contributed by atoms with Crippen LogP contribution in [0.4, 0.5) is 16.2 Å².